The first-order valence-corrected chi connectivity index (χ1v) is 7.57. The van der Waals surface area contributed by atoms with Crippen molar-refractivity contribution in [3.8, 4) is 0 Å². The van der Waals surface area contributed by atoms with Gasteiger partial charge >= 0.3 is 5.97 Å². The summed E-state index contributed by atoms with van der Waals surface area (Å²) in [5, 5.41) is 11.8. The molecule has 1 unspecified atom stereocenters. The molecule has 3 heterocycles. The van der Waals surface area contributed by atoms with Gasteiger partial charge in [-0.15, -0.1) is 0 Å². The molecule has 0 radical (unpaired) electrons. The van der Waals surface area contributed by atoms with Crippen LogP contribution in [0.4, 0.5) is 17.5 Å². The van der Waals surface area contributed by atoms with E-state index in [2.05, 4.69) is 15.3 Å². The molecule has 2 aliphatic rings. The van der Waals surface area contributed by atoms with Gasteiger partial charge in [-0.3, -0.25) is 19.4 Å². The summed E-state index contributed by atoms with van der Waals surface area (Å²) in [5.74, 6) is -2.51. The van der Waals surface area contributed by atoms with E-state index in [0.29, 0.717) is 12.5 Å². The average Bonchev–Trinajstić information content (AvgIpc) is 2.97. The van der Waals surface area contributed by atoms with Gasteiger partial charge in [-0.25, -0.2) is 0 Å². The van der Waals surface area contributed by atoms with E-state index in [1.54, 1.807) is 0 Å². The number of carboxylic acid groups (broad SMARTS) is 1. The van der Waals surface area contributed by atoms with Crippen molar-refractivity contribution >= 4 is 29.3 Å². The van der Waals surface area contributed by atoms with Crippen LogP contribution in [0, 0.1) is 0 Å². The number of hydrogen-bond acceptors (Lipinski definition) is 5. The van der Waals surface area contributed by atoms with Crippen molar-refractivity contribution in [1.29, 1.82) is 0 Å². The SMILES string of the molecule is O=C1CC(C(=O)O)c2c(nc(N3CCc4ccccc43)[nH]c2=O)N1. The van der Waals surface area contributed by atoms with Gasteiger partial charge in [0, 0.05) is 18.7 Å². The van der Waals surface area contributed by atoms with Crippen molar-refractivity contribution in [2.45, 2.75) is 18.8 Å². The van der Waals surface area contributed by atoms with Crippen molar-refractivity contribution in [2.75, 3.05) is 16.8 Å². The molecule has 0 saturated heterocycles. The minimum Gasteiger partial charge on any atom is -0.481 e. The average molecular weight is 326 g/mol. The van der Waals surface area contributed by atoms with E-state index in [1.807, 2.05) is 29.2 Å². The molecule has 0 fully saturated rings. The molecule has 0 saturated carbocycles. The molecule has 2 aromatic rings. The first-order valence-electron chi connectivity index (χ1n) is 7.57. The molecular formula is C16H14N4O4. The number of H-pyrrole nitrogens is 1. The highest BCUT2D eigenvalue weighted by atomic mass is 16.4. The number of aromatic amines is 1. The van der Waals surface area contributed by atoms with Gasteiger partial charge in [0.1, 0.15) is 5.82 Å². The number of amides is 1. The Kier molecular flexibility index (Phi) is 3.12. The monoisotopic (exact) mass is 326 g/mol. The minimum absolute atomic E-state index is 0.00154. The second-order valence-electron chi connectivity index (χ2n) is 5.83. The number of carbonyl (C=O) groups excluding carboxylic acids is 1. The molecule has 1 atom stereocenters. The minimum atomic E-state index is -1.21. The number of anilines is 3. The third-order valence-electron chi connectivity index (χ3n) is 4.38. The molecule has 0 spiro atoms. The molecule has 0 bridgehead atoms. The van der Waals surface area contributed by atoms with E-state index in [0.717, 1.165) is 17.7 Å². The van der Waals surface area contributed by atoms with Crippen molar-refractivity contribution < 1.29 is 14.7 Å². The zero-order valence-corrected chi connectivity index (χ0v) is 12.6. The number of carboxylic acids is 1. The number of aliphatic carboxylic acids is 1. The van der Waals surface area contributed by atoms with Gasteiger partial charge in [-0.05, 0) is 18.1 Å². The Morgan fingerprint density at radius 3 is 2.88 bits per heavy atom. The van der Waals surface area contributed by atoms with Crippen LogP contribution in [0.2, 0.25) is 0 Å². The first kappa shape index (κ1) is 14.4. The maximum absolute atomic E-state index is 12.4. The highest BCUT2D eigenvalue weighted by Gasteiger charge is 2.35. The van der Waals surface area contributed by atoms with Crippen molar-refractivity contribution in [3.63, 3.8) is 0 Å². The standard InChI is InChI=1S/C16H14N4O4/c21-11-7-9(15(23)24)12-13(17-11)18-16(19-14(12)22)20-6-5-8-3-1-2-4-10(8)20/h1-4,9H,5-7H2,(H,23,24)(H2,17,18,19,21,22). The first-order chi connectivity index (χ1) is 11.5. The lowest BCUT2D eigenvalue weighted by Crippen LogP contribution is -2.35. The van der Waals surface area contributed by atoms with Crippen LogP contribution in [0.3, 0.4) is 0 Å². The van der Waals surface area contributed by atoms with Crippen LogP contribution in [0.15, 0.2) is 29.1 Å². The Labute approximate surface area is 136 Å². The van der Waals surface area contributed by atoms with E-state index >= 15 is 0 Å². The molecule has 8 nitrogen and oxygen atoms in total. The number of carbonyl (C=O) groups is 2. The highest BCUT2D eigenvalue weighted by Crippen LogP contribution is 2.34. The molecular weight excluding hydrogens is 312 g/mol. The zero-order chi connectivity index (χ0) is 16.8. The fraction of sp³-hybridized carbons (Fsp3) is 0.250. The van der Waals surface area contributed by atoms with Gasteiger partial charge in [0.25, 0.3) is 5.56 Å². The summed E-state index contributed by atoms with van der Waals surface area (Å²) in [6.07, 6.45) is 0.556. The maximum atomic E-state index is 12.4. The molecule has 2 aliphatic heterocycles. The smallest absolute Gasteiger partial charge is 0.311 e. The molecule has 122 valence electrons. The lowest BCUT2D eigenvalue weighted by atomic mass is 9.94. The lowest BCUT2D eigenvalue weighted by Gasteiger charge is -2.24. The van der Waals surface area contributed by atoms with E-state index in [1.165, 1.54) is 0 Å². The number of benzene rings is 1. The Morgan fingerprint density at radius 1 is 1.29 bits per heavy atom. The molecule has 0 aliphatic carbocycles. The van der Waals surface area contributed by atoms with Crippen LogP contribution in [0.25, 0.3) is 0 Å². The fourth-order valence-corrected chi connectivity index (χ4v) is 3.26. The Morgan fingerprint density at radius 2 is 2.08 bits per heavy atom. The van der Waals surface area contributed by atoms with Crippen molar-refractivity contribution in [1.82, 2.24) is 9.97 Å². The number of hydrogen-bond donors (Lipinski definition) is 3. The second kappa shape index (κ2) is 5.19. The number of fused-ring (bicyclic) bond motifs is 2. The Hall–Kier alpha value is -3.16. The zero-order valence-electron chi connectivity index (χ0n) is 12.6. The summed E-state index contributed by atoms with van der Waals surface area (Å²) in [6.45, 7) is 0.650. The topological polar surface area (TPSA) is 115 Å². The van der Waals surface area contributed by atoms with Crippen LogP contribution >= 0.6 is 0 Å². The van der Waals surface area contributed by atoms with E-state index in [9.17, 15) is 19.5 Å². The van der Waals surface area contributed by atoms with Crippen LogP contribution in [0.5, 0.6) is 0 Å². The summed E-state index contributed by atoms with van der Waals surface area (Å²) >= 11 is 0. The van der Waals surface area contributed by atoms with Crippen LogP contribution < -0.4 is 15.8 Å². The predicted octanol–water partition coefficient (Wildman–Crippen LogP) is 0.974. The number of para-hydroxylation sites is 1. The number of nitrogens with one attached hydrogen (secondary N) is 2. The molecule has 1 aromatic heterocycles. The molecule has 1 aromatic carbocycles. The quantitative estimate of drug-likeness (QED) is 0.757. The fourth-order valence-electron chi connectivity index (χ4n) is 3.26. The van der Waals surface area contributed by atoms with Gasteiger partial charge < -0.3 is 15.3 Å². The van der Waals surface area contributed by atoms with Crippen LogP contribution in [-0.4, -0.2) is 33.5 Å². The maximum Gasteiger partial charge on any atom is 0.311 e. The second-order valence-corrected chi connectivity index (χ2v) is 5.83. The highest BCUT2D eigenvalue weighted by molar-refractivity contribution is 5.98. The normalized spacial score (nSPS) is 18.8. The Bertz CT molecular complexity index is 921. The third kappa shape index (κ3) is 2.15. The summed E-state index contributed by atoms with van der Waals surface area (Å²) in [4.78, 5) is 44.4. The summed E-state index contributed by atoms with van der Waals surface area (Å²) in [7, 11) is 0. The van der Waals surface area contributed by atoms with Crippen molar-refractivity contribution in [3.05, 3.63) is 45.7 Å². The number of aromatic nitrogens is 2. The van der Waals surface area contributed by atoms with Crippen molar-refractivity contribution in [2.24, 2.45) is 0 Å². The lowest BCUT2D eigenvalue weighted by molar-refractivity contribution is -0.140. The molecule has 3 N–H and O–H groups in total. The van der Waals surface area contributed by atoms with E-state index < -0.39 is 23.4 Å². The molecule has 1 amide bonds. The van der Waals surface area contributed by atoms with Gasteiger partial charge in [0.15, 0.2) is 0 Å². The van der Waals surface area contributed by atoms with Crippen LogP contribution in [0.1, 0.15) is 23.5 Å². The predicted molar refractivity (Wildman–Crippen MR) is 85.6 cm³/mol. The largest absolute Gasteiger partial charge is 0.481 e. The number of rotatable bonds is 2. The van der Waals surface area contributed by atoms with Crippen LogP contribution in [-0.2, 0) is 16.0 Å². The summed E-state index contributed by atoms with van der Waals surface area (Å²) < 4.78 is 0. The molecule has 24 heavy (non-hydrogen) atoms. The number of nitrogens with zero attached hydrogens (tertiary/aromatic N) is 2. The molecule has 4 rings (SSSR count). The summed E-state index contributed by atoms with van der Waals surface area (Å²) in [6, 6.07) is 7.79. The van der Waals surface area contributed by atoms with E-state index in [4.69, 9.17) is 0 Å². The van der Waals surface area contributed by atoms with Gasteiger partial charge in [0.05, 0.1) is 11.5 Å². The molecule has 8 heteroatoms. The summed E-state index contributed by atoms with van der Waals surface area (Å²) in [5.41, 5.74) is 1.55. The van der Waals surface area contributed by atoms with Gasteiger partial charge in [0.2, 0.25) is 11.9 Å². The van der Waals surface area contributed by atoms with Gasteiger partial charge in [-0.2, -0.15) is 4.98 Å². The Balaban J connectivity index is 1.83. The third-order valence-corrected chi connectivity index (χ3v) is 4.38. The van der Waals surface area contributed by atoms with Gasteiger partial charge in [-0.1, -0.05) is 18.2 Å². The van der Waals surface area contributed by atoms with E-state index in [-0.39, 0.29) is 17.8 Å².